The average Bonchev–Trinajstić information content (AvgIpc) is 2.30. The van der Waals surface area contributed by atoms with Gasteiger partial charge < -0.3 is 14.7 Å². The van der Waals surface area contributed by atoms with E-state index in [1.165, 1.54) is 0 Å². The van der Waals surface area contributed by atoms with Crippen molar-refractivity contribution in [2.45, 2.75) is 0 Å². The van der Waals surface area contributed by atoms with Gasteiger partial charge in [0, 0.05) is 25.2 Å². The van der Waals surface area contributed by atoms with Gasteiger partial charge in [0.05, 0.1) is 18.9 Å². The zero-order valence-corrected chi connectivity index (χ0v) is 8.39. The van der Waals surface area contributed by atoms with Crippen molar-refractivity contribution < 1.29 is 20.5 Å². The van der Waals surface area contributed by atoms with E-state index in [0.717, 1.165) is 24.3 Å². The fourth-order valence-electron chi connectivity index (χ4n) is 1.69. The fraction of sp³-hybridized carbons (Fsp3) is 0.400. The molecule has 0 unspecified atom stereocenters. The second-order valence-electron chi connectivity index (χ2n) is 3.48. The summed E-state index contributed by atoms with van der Waals surface area (Å²) in [6.07, 6.45) is 0. The Morgan fingerprint density at radius 2 is 2.00 bits per heavy atom. The van der Waals surface area contributed by atoms with Crippen LogP contribution in [0.2, 0.25) is 0 Å². The lowest BCUT2D eigenvalue weighted by Crippen LogP contribution is -2.73. The molecule has 0 atom stereocenters. The first-order chi connectivity index (χ1) is 7.31. The van der Waals surface area contributed by atoms with E-state index >= 15 is 0 Å². The quantitative estimate of drug-likeness (QED) is 0.468. The van der Waals surface area contributed by atoms with Gasteiger partial charge in [-0.25, -0.2) is 5.21 Å². The van der Waals surface area contributed by atoms with Crippen molar-refractivity contribution in [1.29, 1.82) is 0 Å². The summed E-state index contributed by atoms with van der Waals surface area (Å²) in [6, 6.07) is 5.12. The Hall–Kier alpha value is -1.30. The summed E-state index contributed by atoms with van der Waals surface area (Å²) in [5.41, 5.74) is 2.37. The summed E-state index contributed by atoms with van der Waals surface area (Å²) in [4.78, 5) is 2.07. The summed E-state index contributed by atoms with van der Waals surface area (Å²) in [5.74, 6) is 0.194. The van der Waals surface area contributed by atoms with E-state index in [1.807, 2.05) is 6.07 Å². The van der Waals surface area contributed by atoms with E-state index < -0.39 is 0 Å². The van der Waals surface area contributed by atoms with Crippen molar-refractivity contribution in [3.63, 3.8) is 0 Å². The smallest absolute Gasteiger partial charge is 0.165 e. The first kappa shape index (κ1) is 10.2. The molecule has 0 aliphatic carbocycles. The molecule has 82 valence electrons. The van der Waals surface area contributed by atoms with E-state index in [4.69, 9.17) is 9.94 Å². The summed E-state index contributed by atoms with van der Waals surface area (Å²) in [7, 11) is 0. The second kappa shape index (κ2) is 4.48. The molecule has 1 saturated heterocycles. The Balaban J connectivity index is 2.19. The first-order valence-electron chi connectivity index (χ1n) is 4.94. The number of morpholine rings is 1. The third-order valence-corrected chi connectivity index (χ3v) is 2.50. The lowest BCUT2D eigenvalue weighted by Gasteiger charge is -2.29. The molecular formula is C10H15N2O3+. The van der Waals surface area contributed by atoms with Gasteiger partial charge in [0.25, 0.3) is 0 Å². The third-order valence-electron chi connectivity index (χ3n) is 2.50. The van der Waals surface area contributed by atoms with Gasteiger partial charge in [0.2, 0.25) is 0 Å². The maximum absolute atomic E-state index is 9.76. The van der Waals surface area contributed by atoms with Crippen molar-refractivity contribution in [2.75, 3.05) is 31.2 Å². The molecule has 0 radical (unpaired) electrons. The molecule has 1 aliphatic rings. The van der Waals surface area contributed by atoms with Crippen LogP contribution in [0.5, 0.6) is 5.75 Å². The number of anilines is 1. The highest BCUT2D eigenvalue weighted by Crippen LogP contribution is 2.29. The minimum atomic E-state index is 0.194. The lowest BCUT2D eigenvalue weighted by atomic mass is 10.2. The molecule has 4 N–H and O–H groups in total. The summed E-state index contributed by atoms with van der Waals surface area (Å²) in [5, 5.41) is 18.6. The number of aromatic hydroxyl groups is 1. The van der Waals surface area contributed by atoms with Crippen molar-refractivity contribution in [3.05, 3.63) is 18.2 Å². The molecule has 2 rings (SSSR count). The number of phenolic OH excluding ortho intramolecular Hbond substituents is 1. The molecule has 0 saturated carbocycles. The van der Waals surface area contributed by atoms with Crippen molar-refractivity contribution >= 4 is 11.4 Å². The Morgan fingerprint density at radius 1 is 1.27 bits per heavy atom. The molecule has 0 amide bonds. The highest BCUT2D eigenvalue weighted by Gasteiger charge is 2.15. The van der Waals surface area contributed by atoms with Gasteiger partial charge >= 0.3 is 0 Å². The van der Waals surface area contributed by atoms with Crippen LogP contribution in [0, 0.1) is 0 Å². The van der Waals surface area contributed by atoms with Gasteiger partial charge in [-0.1, -0.05) is 0 Å². The molecule has 1 aromatic rings. The number of benzene rings is 1. The molecule has 1 aromatic carbocycles. The van der Waals surface area contributed by atoms with Crippen LogP contribution in [0.4, 0.5) is 11.4 Å². The van der Waals surface area contributed by atoms with Gasteiger partial charge in [-0.15, -0.1) is 0 Å². The topological polar surface area (TPSA) is 69.5 Å². The summed E-state index contributed by atoms with van der Waals surface area (Å²) < 4.78 is 5.24. The van der Waals surface area contributed by atoms with Crippen LogP contribution in [0.25, 0.3) is 0 Å². The van der Waals surface area contributed by atoms with Gasteiger partial charge in [-0.05, 0) is 6.07 Å². The Kier molecular flexibility index (Phi) is 3.05. The van der Waals surface area contributed by atoms with E-state index in [0.29, 0.717) is 18.9 Å². The first-order valence-corrected chi connectivity index (χ1v) is 4.94. The molecule has 1 fully saturated rings. The summed E-state index contributed by atoms with van der Waals surface area (Å²) >= 11 is 0. The Morgan fingerprint density at radius 3 is 2.60 bits per heavy atom. The zero-order valence-electron chi connectivity index (χ0n) is 8.39. The molecule has 0 bridgehead atoms. The van der Waals surface area contributed by atoms with Crippen molar-refractivity contribution in [3.8, 4) is 5.75 Å². The Bertz CT molecular complexity index is 337. The normalized spacial score (nSPS) is 16.7. The SMILES string of the molecule is O[NH2+]c1ccc(N2CCOCC2)c(O)c1. The number of nitrogens with two attached hydrogens (primary N) is 1. The minimum absolute atomic E-state index is 0.194. The maximum Gasteiger partial charge on any atom is 0.165 e. The fourth-order valence-corrected chi connectivity index (χ4v) is 1.69. The Labute approximate surface area is 87.9 Å². The van der Waals surface area contributed by atoms with Gasteiger partial charge in [-0.3, -0.25) is 0 Å². The number of phenols is 1. The number of ether oxygens (including phenoxy) is 1. The van der Waals surface area contributed by atoms with Crippen LogP contribution >= 0.6 is 0 Å². The van der Waals surface area contributed by atoms with Crippen LogP contribution in [0.15, 0.2) is 18.2 Å². The molecular weight excluding hydrogens is 196 g/mol. The van der Waals surface area contributed by atoms with E-state index in [9.17, 15) is 5.11 Å². The largest absolute Gasteiger partial charge is 0.506 e. The zero-order chi connectivity index (χ0) is 10.7. The predicted octanol–water partition coefficient (Wildman–Crippen LogP) is -0.187. The third kappa shape index (κ3) is 2.20. The van der Waals surface area contributed by atoms with E-state index in [1.54, 1.807) is 12.1 Å². The number of hydrogen-bond acceptors (Lipinski definition) is 4. The van der Waals surface area contributed by atoms with Crippen LogP contribution in [-0.4, -0.2) is 36.6 Å². The highest BCUT2D eigenvalue weighted by molar-refractivity contribution is 5.61. The maximum atomic E-state index is 9.76. The van der Waals surface area contributed by atoms with Crippen LogP contribution in [0.1, 0.15) is 0 Å². The number of quaternary nitrogens is 1. The number of rotatable bonds is 2. The van der Waals surface area contributed by atoms with E-state index in [2.05, 4.69) is 4.90 Å². The monoisotopic (exact) mass is 211 g/mol. The van der Waals surface area contributed by atoms with Gasteiger partial charge in [0.1, 0.15) is 5.75 Å². The summed E-state index contributed by atoms with van der Waals surface area (Å²) in [6.45, 7) is 2.95. The molecule has 0 spiro atoms. The van der Waals surface area contributed by atoms with Crippen LogP contribution < -0.4 is 10.4 Å². The molecule has 1 heterocycles. The number of hydrogen-bond donors (Lipinski definition) is 3. The molecule has 1 aliphatic heterocycles. The molecule has 5 heteroatoms. The van der Waals surface area contributed by atoms with Crippen molar-refractivity contribution in [1.82, 2.24) is 0 Å². The van der Waals surface area contributed by atoms with Gasteiger partial charge in [0.15, 0.2) is 5.69 Å². The van der Waals surface area contributed by atoms with Crippen molar-refractivity contribution in [2.24, 2.45) is 0 Å². The standard InChI is InChI=1S/C10H14N2O3/c13-10-7-8(11-14)1-2-9(10)12-3-5-15-6-4-12/h1-2,7,11,13-14H,3-6H2/p+1. The van der Waals surface area contributed by atoms with Crippen LogP contribution in [-0.2, 0) is 4.74 Å². The molecule has 0 aromatic heterocycles. The minimum Gasteiger partial charge on any atom is -0.506 e. The number of nitrogens with zero attached hydrogens (tertiary/aromatic N) is 1. The average molecular weight is 211 g/mol. The van der Waals surface area contributed by atoms with Gasteiger partial charge in [-0.2, -0.15) is 5.48 Å². The molecule has 15 heavy (non-hydrogen) atoms. The second-order valence-corrected chi connectivity index (χ2v) is 3.48. The predicted molar refractivity (Wildman–Crippen MR) is 54.5 cm³/mol. The highest BCUT2D eigenvalue weighted by atomic mass is 16.5. The lowest BCUT2D eigenvalue weighted by molar-refractivity contribution is -0.825. The van der Waals surface area contributed by atoms with E-state index in [-0.39, 0.29) is 5.75 Å². The van der Waals surface area contributed by atoms with Crippen LogP contribution in [0.3, 0.4) is 0 Å². The molecule has 5 nitrogen and oxygen atoms in total.